The molecule has 1 heterocycles. The van der Waals surface area contributed by atoms with E-state index in [9.17, 15) is 9.50 Å². The third-order valence-corrected chi connectivity index (χ3v) is 3.11. The van der Waals surface area contributed by atoms with E-state index in [4.69, 9.17) is 11.6 Å². The number of hydrogen-bond donors (Lipinski definition) is 2. The lowest BCUT2D eigenvalue weighted by atomic mass is 10.2. The van der Waals surface area contributed by atoms with Gasteiger partial charge in [0.2, 0.25) is 0 Å². The lowest BCUT2D eigenvalue weighted by Crippen LogP contribution is -2.21. The Kier molecular flexibility index (Phi) is 4.39. The number of alkyl halides is 1. The number of halogens is 2. The summed E-state index contributed by atoms with van der Waals surface area (Å²) in [5.74, 6) is 0.582. The number of aromatic nitrogens is 2. The number of aryl methyl sites for hydroxylation is 1. The third-order valence-electron chi connectivity index (χ3n) is 2.75. The van der Waals surface area contributed by atoms with E-state index in [0.29, 0.717) is 5.69 Å². The molecule has 1 atom stereocenters. The average molecular weight is 284 g/mol. The molecule has 2 rings (SSSR count). The molecular weight excluding hydrogens is 269 g/mol. The molecule has 2 N–H and O–H groups in total. The minimum absolute atomic E-state index is 0.127. The first-order valence-corrected chi connectivity index (χ1v) is 6.43. The van der Waals surface area contributed by atoms with Gasteiger partial charge in [-0.05, 0) is 25.1 Å². The number of aliphatic hydroxyl groups excluding tert-OH is 1. The first kappa shape index (κ1) is 13.8. The molecule has 4 nitrogen and oxygen atoms in total. The number of benzene rings is 1. The number of nitrogens with zero attached hydrogens (tertiary/aromatic N) is 2. The lowest BCUT2D eigenvalue weighted by Gasteiger charge is -2.15. The standard InChI is InChI=1S/C13H15ClFN3O/c1-9-16-4-5-18(9)13-3-2-10(15)6-12(13)17-8-11(19)7-14/h2-6,11,17,19H,7-8H2,1H3. The summed E-state index contributed by atoms with van der Waals surface area (Å²) in [4.78, 5) is 4.14. The van der Waals surface area contributed by atoms with Crippen LogP contribution in [0.3, 0.4) is 0 Å². The van der Waals surface area contributed by atoms with Crippen LogP contribution in [0.2, 0.25) is 0 Å². The molecule has 1 aromatic heterocycles. The molecule has 102 valence electrons. The Labute approximate surface area is 115 Å². The van der Waals surface area contributed by atoms with Crippen LogP contribution in [0.5, 0.6) is 0 Å². The first-order chi connectivity index (χ1) is 9.11. The van der Waals surface area contributed by atoms with E-state index in [-0.39, 0.29) is 18.2 Å². The molecule has 0 aliphatic rings. The van der Waals surface area contributed by atoms with Gasteiger partial charge < -0.3 is 15.0 Å². The van der Waals surface area contributed by atoms with Crippen molar-refractivity contribution in [2.75, 3.05) is 17.7 Å². The van der Waals surface area contributed by atoms with Gasteiger partial charge in [-0.25, -0.2) is 9.37 Å². The molecule has 2 aromatic rings. The molecule has 0 bridgehead atoms. The van der Waals surface area contributed by atoms with Crippen molar-refractivity contribution < 1.29 is 9.50 Å². The van der Waals surface area contributed by atoms with Crippen molar-refractivity contribution in [2.24, 2.45) is 0 Å². The quantitative estimate of drug-likeness (QED) is 0.828. The second-order valence-corrected chi connectivity index (χ2v) is 4.50. The lowest BCUT2D eigenvalue weighted by molar-refractivity contribution is 0.211. The van der Waals surface area contributed by atoms with Gasteiger partial charge in [-0.3, -0.25) is 0 Å². The highest BCUT2D eigenvalue weighted by Gasteiger charge is 2.09. The minimum atomic E-state index is -0.679. The van der Waals surface area contributed by atoms with Crippen LogP contribution in [0.1, 0.15) is 5.82 Å². The van der Waals surface area contributed by atoms with Crippen LogP contribution in [0.15, 0.2) is 30.6 Å². The molecule has 6 heteroatoms. The number of hydrogen-bond acceptors (Lipinski definition) is 3. The fraction of sp³-hybridized carbons (Fsp3) is 0.308. The van der Waals surface area contributed by atoms with Crippen LogP contribution in [0, 0.1) is 12.7 Å². The van der Waals surface area contributed by atoms with Crippen LogP contribution in [0.4, 0.5) is 10.1 Å². The minimum Gasteiger partial charge on any atom is -0.390 e. The van der Waals surface area contributed by atoms with Gasteiger partial charge in [0, 0.05) is 18.9 Å². The molecule has 19 heavy (non-hydrogen) atoms. The summed E-state index contributed by atoms with van der Waals surface area (Å²) < 4.78 is 15.2. The van der Waals surface area contributed by atoms with Crippen LogP contribution >= 0.6 is 11.6 Å². The number of nitrogens with one attached hydrogen (secondary N) is 1. The monoisotopic (exact) mass is 283 g/mol. The molecule has 0 saturated heterocycles. The zero-order valence-electron chi connectivity index (χ0n) is 10.5. The molecule has 0 aliphatic heterocycles. The van der Waals surface area contributed by atoms with Crippen LogP contribution in [0.25, 0.3) is 5.69 Å². The highest BCUT2D eigenvalue weighted by atomic mass is 35.5. The fourth-order valence-corrected chi connectivity index (χ4v) is 1.88. The molecule has 0 radical (unpaired) electrons. The highest BCUT2D eigenvalue weighted by molar-refractivity contribution is 6.18. The Morgan fingerprint density at radius 3 is 2.95 bits per heavy atom. The van der Waals surface area contributed by atoms with Gasteiger partial charge in [0.1, 0.15) is 11.6 Å². The Bertz CT molecular complexity index is 559. The van der Waals surface area contributed by atoms with Gasteiger partial charge in [0.15, 0.2) is 0 Å². The summed E-state index contributed by atoms with van der Waals surface area (Å²) in [6.07, 6.45) is 2.80. The van der Waals surface area contributed by atoms with Gasteiger partial charge in [-0.1, -0.05) is 0 Å². The van der Waals surface area contributed by atoms with E-state index >= 15 is 0 Å². The Morgan fingerprint density at radius 2 is 2.32 bits per heavy atom. The number of aliphatic hydroxyl groups is 1. The molecule has 0 saturated carbocycles. The van der Waals surface area contributed by atoms with Crippen molar-refractivity contribution in [1.82, 2.24) is 9.55 Å². The van der Waals surface area contributed by atoms with Crippen LogP contribution < -0.4 is 5.32 Å². The maximum Gasteiger partial charge on any atom is 0.125 e. The van der Waals surface area contributed by atoms with Crippen LogP contribution in [-0.2, 0) is 0 Å². The molecule has 0 fully saturated rings. The summed E-state index contributed by atoms with van der Waals surface area (Å²) in [6, 6.07) is 4.44. The maximum absolute atomic E-state index is 13.3. The molecule has 0 amide bonds. The molecular formula is C13H15ClFN3O. The Morgan fingerprint density at radius 1 is 1.53 bits per heavy atom. The second kappa shape index (κ2) is 6.04. The van der Waals surface area contributed by atoms with Crippen molar-refractivity contribution in [3.05, 3.63) is 42.2 Å². The normalized spacial score (nSPS) is 12.4. The average Bonchev–Trinajstić information content (AvgIpc) is 2.82. The van der Waals surface area contributed by atoms with E-state index in [1.807, 2.05) is 11.5 Å². The van der Waals surface area contributed by atoms with Gasteiger partial charge in [0.25, 0.3) is 0 Å². The Hall–Kier alpha value is -1.59. The number of imidazole rings is 1. The summed E-state index contributed by atoms with van der Waals surface area (Å²) in [5.41, 5.74) is 1.36. The smallest absolute Gasteiger partial charge is 0.125 e. The predicted molar refractivity (Wildman–Crippen MR) is 73.5 cm³/mol. The van der Waals surface area contributed by atoms with Gasteiger partial charge in [-0.2, -0.15) is 0 Å². The maximum atomic E-state index is 13.3. The molecule has 1 aromatic carbocycles. The van der Waals surface area contributed by atoms with Crippen molar-refractivity contribution in [2.45, 2.75) is 13.0 Å². The largest absolute Gasteiger partial charge is 0.390 e. The fourth-order valence-electron chi connectivity index (χ4n) is 1.77. The van der Waals surface area contributed by atoms with Crippen molar-refractivity contribution in [1.29, 1.82) is 0 Å². The van der Waals surface area contributed by atoms with Gasteiger partial charge in [-0.15, -0.1) is 11.6 Å². The Balaban J connectivity index is 2.31. The second-order valence-electron chi connectivity index (χ2n) is 4.19. The van der Waals surface area contributed by atoms with E-state index in [1.165, 1.54) is 12.1 Å². The molecule has 0 spiro atoms. The zero-order chi connectivity index (χ0) is 13.8. The topological polar surface area (TPSA) is 50.1 Å². The predicted octanol–water partition coefficient (Wildman–Crippen LogP) is 2.33. The summed E-state index contributed by atoms with van der Waals surface area (Å²) in [5, 5.41) is 12.5. The van der Waals surface area contributed by atoms with Crippen molar-refractivity contribution in [3.63, 3.8) is 0 Å². The van der Waals surface area contributed by atoms with Gasteiger partial charge in [0.05, 0.1) is 23.4 Å². The highest BCUT2D eigenvalue weighted by Crippen LogP contribution is 2.22. The van der Waals surface area contributed by atoms with Gasteiger partial charge >= 0.3 is 0 Å². The summed E-state index contributed by atoms with van der Waals surface area (Å²) in [6.45, 7) is 2.12. The van der Waals surface area contributed by atoms with Crippen molar-refractivity contribution in [3.8, 4) is 5.69 Å². The summed E-state index contributed by atoms with van der Waals surface area (Å²) >= 11 is 5.53. The SMILES string of the molecule is Cc1nccn1-c1ccc(F)cc1NCC(O)CCl. The van der Waals surface area contributed by atoms with Crippen LogP contribution in [-0.4, -0.2) is 33.2 Å². The van der Waals surface area contributed by atoms with E-state index in [2.05, 4.69) is 10.3 Å². The summed E-state index contributed by atoms with van der Waals surface area (Å²) in [7, 11) is 0. The van der Waals surface area contributed by atoms with E-state index in [0.717, 1.165) is 11.5 Å². The van der Waals surface area contributed by atoms with E-state index < -0.39 is 6.10 Å². The number of rotatable bonds is 5. The van der Waals surface area contributed by atoms with E-state index in [1.54, 1.807) is 18.5 Å². The zero-order valence-corrected chi connectivity index (χ0v) is 11.2. The molecule has 1 unspecified atom stereocenters. The molecule has 0 aliphatic carbocycles. The number of anilines is 1. The van der Waals surface area contributed by atoms with Crippen molar-refractivity contribution >= 4 is 17.3 Å². The first-order valence-electron chi connectivity index (χ1n) is 5.89. The third kappa shape index (κ3) is 3.24.